The van der Waals surface area contributed by atoms with Crippen LogP contribution in [0.1, 0.15) is 21.5 Å². The van der Waals surface area contributed by atoms with Gasteiger partial charge in [0, 0.05) is 22.2 Å². The van der Waals surface area contributed by atoms with Crippen LogP contribution in [0.15, 0.2) is 46.5 Å². The van der Waals surface area contributed by atoms with Gasteiger partial charge in [-0.3, -0.25) is 4.98 Å². The van der Waals surface area contributed by atoms with Crippen LogP contribution in [0.2, 0.25) is 0 Å². The van der Waals surface area contributed by atoms with Gasteiger partial charge in [-0.05, 0) is 43.2 Å². The van der Waals surface area contributed by atoms with E-state index in [1.807, 2.05) is 19.1 Å². The molecule has 0 unspecified atom stereocenters. The minimum Gasteiger partial charge on any atom is -0.478 e. The number of hydrogen-bond donors (Lipinski definition) is 1. The fraction of sp³-hybridized carbons (Fsp3) is 0.143. The van der Waals surface area contributed by atoms with Crippen LogP contribution in [0.25, 0.3) is 0 Å². The maximum atomic E-state index is 11.1. The first-order chi connectivity index (χ1) is 8.58. The molecule has 0 fully saturated rings. The monoisotopic (exact) mass is 259 g/mol. The van der Waals surface area contributed by atoms with E-state index in [2.05, 4.69) is 18.0 Å². The van der Waals surface area contributed by atoms with Gasteiger partial charge in [-0.25, -0.2) is 4.79 Å². The first-order valence-corrected chi connectivity index (χ1v) is 6.32. The van der Waals surface area contributed by atoms with Crippen LogP contribution in [0, 0.1) is 13.8 Å². The first-order valence-electron chi connectivity index (χ1n) is 5.50. The molecule has 92 valence electrons. The second-order valence-corrected chi connectivity index (χ2v) is 5.14. The summed E-state index contributed by atoms with van der Waals surface area (Å²) in [6.45, 7) is 4.09. The fourth-order valence-corrected chi connectivity index (χ4v) is 2.55. The van der Waals surface area contributed by atoms with E-state index in [0.717, 1.165) is 4.90 Å². The summed E-state index contributed by atoms with van der Waals surface area (Å²) in [5.41, 5.74) is 2.71. The molecule has 0 bridgehead atoms. The SMILES string of the molecule is Cc1ccc(Sc2cnccc2C(=O)O)cc1C. The van der Waals surface area contributed by atoms with Crippen molar-refractivity contribution in [3.63, 3.8) is 0 Å². The highest BCUT2D eigenvalue weighted by molar-refractivity contribution is 7.99. The molecule has 0 aliphatic rings. The minimum atomic E-state index is -0.927. The standard InChI is InChI=1S/C14H13NO2S/c1-9-3-4-11(7-10(9)2)18-13-8-15-6-5-12(13)14(16)17/h3-8H,1-2H3,(H,16,17). The Bertz CT molecular complexity index is 596. The Balaban J connectivity index is 2.34. The predicted molar refractivity (Wildman–Crippen MR) is 71.2 cm³/mol. The van der Waals surface area contributed by atoms with E-state index in [0.29, 0.717) is 4.90 Å². The van der Waals surface area contributed by atoms with Crippen LogP contribution in [-0.2, 0) is 0 Å². The molecule has 2 rings (SSSR count). The van der Waals surface area contributed by atoms with E-state index in [4.69, 9.17) is 5.11 Å². The molecular formula is C14H13NO2S. The zero-order valence-electron chi connectivity index (χ0n) is 10.2. The Morgan fingerprint density at radius 1 is 1.22 bits per heavy atom. The molecule has 0 saturated heterocycles. The maximum Gasteiger partial charge on any atom is 0.336 e. The van der Waals surface area contributed by atoms with Crippen molar-refractivity contribution in [2.45, 2.75) is 23.6 Å². The molecule has 0 aliphatic carbocycles. The predicted octanol–water partition coefficient (Wildman–Crippen LogP) is 3.55. The van der Waals surface area contributed by atoms with Crippen molar-refractivity contribution in [3.05, 3.63) is 53.3 Å². The zero-order valence-corrected chi connectivity index (χ0v) is 11.0. The number of rotatable bonds is 3. The lowest BCUT2D eigenvalue weighted by Crippen LogP contribution is -1.98. The van der Waals surface area contributed by atoms with Gasteiger partial charge in [0.05, 0.1) is 5.56 Å². The average Bonchev–Trinajstić information content (AvgIpc) is 2.34. The van der Waals surface area contributed by atoms with Crippen molar-refractivity contribution in [1.29, 1.82) is 0 Å². The summed E-state index contributed by atoms with van der Waals surface area (Å²) < 4.78 is 0. The van der Waals surface area contributed by atoms with Crippen LogP contribution in [0.4, 0.5) is 0 Å². The average molecular weight is 259 g/mol. The van der Waals surface area contributed by atoms with E-state index >= 15 is 0 Å². The minimum absolute atomic E-state index is 0.285. The van der Waals surface area contributed by atoms with Crippen molar-refractivity contribution < 1.29 is 9.90 Å². The quantitative estimate of drug-likeness (QED) is 0.915. The highest BCUT2D eigenvalue weighted by atomic mass is 32.2. The van der Waals surface area contributed by atoms with Crippen LogP contribution in [-0.4, -0.2) is 16.1 Å². The summed E-state index contributed by atoms with van der Waals surface area (Å²) >= 11 is 1.42. The lowest BCUT2D eigenvalue weighted by atomic mass is 10.1. The molecule has 0 radical (unpaired) electrons. The highest BCUT2D eigenvalue weighted by Gasteiger charge is 2.11. The number of aromatic nitrogens is 1. The number of nitrogens with zero attached hydrogens (tertiary/aromatic N) is 1. The van der Waals surface area contributed by atoms with Crippen molar-refractivity contribution in [1.82, 2.24) is 4.98 Å². The van der Waals surface area contributed by atoms with E-state index in [-0.39, 0.29) is 5.56 Å². The van der Waals surface area contributed by atoms with Gasteiger partial charge in [0.2, 0.25) is 0 Å². The molecule has 0 spiro atoms. The summed E-state index contributed by atoms with van der Waals surface area (Å²) in [6, 6.07) is 7.60. The number of hydrogen-bond acceptors (Lipinski definition) is 3. The number of benzene rings is 1. The van der Waals surface area contributed by atoms with Gasteiger partial charge in [-0.15, -0.1) is 0 Å². The zero-order chi connectivity index (χ0) is 13.1. The van der Waals surface area contributed by atoms with E-state index in [1.165, 1.54) is 35.2 Å². The Morgan fingerprint density at radius 2 is 2.00 bits per heavy atom. The third-order valence-electron chi connectivity index (χ3n) is 2.72. The van der Waals surface area contributed by atoms with Crippen LogP contribution >= 0.6 is 11.8 Å². The number of aromatic carboxylic acids is 1. The van der Waals surface area contributed by atoms with Crippen LogP contribution in [0.5, 0.6) is 0 Å². The van der Waals surface area contributed by atoms with Gasteiger partial charge < -0.3 is 5.11 Å². The number of pyridine rings is 1. The molecule has 1 aromatic carbocycles. The Morgan fingerprint density at radius 3 is 2.67 bits per heavy atom. The molecule has 2 aromatic rings. The van der Waals surface area contributed by atoms with Crippen LogP contribution in [0.3, 0.4) is 0 Å². The van der Waals surface area contributed by atoms with Gasteiger partial charge in [-0.1, -0.05) is 17.8 Å². The summed E-state index contributed by atoms with van der Waals surface area (Å²) in [6.07, 6.45) is 3.08. The molecule has 0 amide bonds. The van der Waals surface area contributed by atoms with Crippen molar-refractivity contribution in [3.8, 4) is 0 Å². The third kappa shape index (κ3) is 2.71. The van der Waals surface area contributed by atoms with E-state index in [1.54, 1.807) is 6.20 Å². The van der Waals surface area contributed by atoms with Crippen molar-refractivity contribution in [2.75, 3.05) is 0 Å². The molecule has 0 atom stereocenters. The molecule has 1 heterocycles. The largest absolute Gasteiger partial charge is 0.478 e. The molecule has 3 nitrogen and oxygen atoms in total. The highest BCUT2D eigenvalue weighted by Crippen LogP contribution is 2.30. The van der Waals surface area contributed by atoms with Gasteiger partial charge in [0.25, 0.3) is 0 Å². The van der Waals surface area contributed by atoms with E-state index in [9.17, 15) is 4.79 Å². The van der Waals surface area contributed by atoms with Crippen molar-refractivity contribution >= 4 is 17.7 Å². The summed E-state index contributed by atoms with van der Waals surface area (Å²) in [4.78, 5) is 16.8. The Hall–Kier alpha value is -1.81. The molecule has 18 heavy (non-hydrogen) atoms. The van der Waals surface area contributed by atoms with Gasteiger partial charge >= 0.3 is 5.97 Å². The molecule has 0 aliphatic heterocycles. The van der Waals surface area contributed by atoms with Crippen molar-refractivity contribution in [2.24, 2.45) is 0 Å². The number of carbonyl (C=O) groups is 1. The Labute approximate surface area is 110 Å². The summed E-state index contributed by atoms with van der Waals surface area (Å²) in [5, 5.41) is 9.10. The number of aryl methyl sites for hydroxylation is 2. The van der Waals surface area contributed by atoms with Gasteiger partial charge in [-0.2, -0.15) is 0 Å². The molecule has 0 saturated carbocycles. The molecule has 1 aromatic heterocycles. The van der Waals surface area contributed by atoms with Gasteiger partial charge in [0.15, 0.2) is 0 Å². The second kappa shape index (κ2) is 5.23. The first kappa shape index (κ1) is 12.6. The topological polar surface area (TPSA) is 50.2 Å². The number of carboxylic acids is 1. The maximum absolute atomic E-state index is 11.1. The molecular weight excluding hydrogens is 246 g/mol. The summed E-state index contributed by atoms with van der Waals surface area (Å²) in [5.74, 6) is -0.927. The molecule has 4 heteroatoms. The smallest absolute Gasteiger partial charge is 0.336 e. The normalized spacial score (nSPS) is 10.3. The van der Waals surface area contributed by atoms with E-state index < -0.39 is 5.97 Å². The lowest BCUT2D eigenvalue weighted by Gasteiger charge is -2.07. The number of carboxylic acid groups (broad SMARTS) is 1. The third-order valence-corrected chi connectivity index (χ3v) is 3.76. The molecule has 1 N–H and O–H groups in total. The Kier molecular flexibility index (Phi) is 3.67. The fourth-order valence-electron chi connectivity index (χ4n) is 1.54. The van der Waals surface area contributed by atoms with Gasteiger partial charge in [0.1, 0.15) is 0 Å². The van der Waals surface area contributed by atoms with Crippen LogP contribution < -0.4 is 0 Å². The summed E-state index contributed by atoms with van der Waals surface area (Å²) in [7, 11) is 0. The lowest BCUT2D eigenvalue weighted by molar-refractivity contribution is 0.0693. The second-order valence-electron chi connectivity index (χ2n) is 4.03.